The Morgan fingerprint density at radius 1 is 1.59 bits per heavy atom. The highest BCUT2D eigenvalue weighted by molar-refractivity contribution is 7.10. The van der Waals surface area contributed by atoms with Crippen molar-refractivity contribution in [3.05, 3.63) is 21.9 Å². The van der Waals surface area contributed by atoms with Gasteiger partial charge < -0.3 is 11.1 Å². The molecular formula is C13H18N2OS. The lowest BCUT2D eigenvalue weighted by Gasteiger charge is -2.05. The fraction of sp³-hybridized carbons (Fsp3) is 0.462. The zero-order valence-corrected chi connectivity index (χ0v) is 11.1. The van der Waals surface area contributed by atoms with Crippen molar-refractivity contribution in [2.24, 2.45) is 11.7 Å². The van der Waals surface area contributed by atoms with Crippen molar-refractivity contribution in [3.8, 4) is 11.8 Å². The summed E-state index contributed by atoms with van der Waals surface area (Å²) in [6, 6.07) is 1.80. The van der Waals surface area contributed by atoms with Gasteiger partial charge in [0.2, 0.25) is 0 Å². The molecule has 1 aromatic rings. The van der Waals surface area contributed by atoms with Gasteiger partial charge in [-0.15, -0.1) is 11.3 Å². The highest BCUT2D eigenvalue weighted by Crippen LogP contribution is 2.13. The van der Waals surface area contributed by atoms with Crippen LogP contribution in [0, 0.1) is 17.8 Å². The molecule has 3 N–H and O–H groups in total. The van der Waals surface area contributed by atoms with Crippen molar-refractivity contribution in [1.29, 1.82) is 0 Å². The van der Waals surface area contributed by atoms with E-state index < -0.39 is 0 Å². The van der Waals surface area contributed by atoms with Crippen LogP contribution < -0.4 is 11.1 Å². The Hall–Kier alpha value is -1.31. The van der Waals surface area contributed by atoms with E-state index in [-0.39, 0.29) is 5.91 Å². The van der Waals surface area contributed by atoms with Crippen LogP contribution in [0.2, 0.25) is 0 Å². The molecule has 1 amide bonds. The molecule has 4 heteroatoms. The number of hydrogen-bond donors (Lipinski definition) is 2. The molecule has 3 nitrogen and oxygen atoms in total. The lowest BCUT2D eigenvalue weighted by Crippen LogP contribution is -2.24. The predicted molar refractivity (Wildman–Crippen MR) is 72.0 cm³/mol. The maximum absolute atomic E-state index is 11.7. The number of amides is 1. The molecule has 1 aromatic heterocycles. The van der Waals surface area contributed by atoms with Crippen LogP contribution in [0.1, 0.15) is 35.5 Å². The second-order valence-electron chi connectivity index (χ2n) is 4.14. The summed E-state index contributed by atoms with van der Waals surface area (Å²) < 4.78 is 0. The summed E-state index contributed by atoms with van der Waals surface area (Å²) in [5, 5.41) is 4.72. The molecule has 0 radical (unpaired) electrons. The smallest absolute Gasteiger partial charge is 0.252 e. The highest BCUT2D eigenvalue weighted by atomic mass is 32.1. The number of nitrogens with two attached hydrogens (primary N) is 1. The lowest BCUT2D eigenvalue weighted by atomic mass is 10.1. The van der Waals surface area contributed by atoms with Crippen LogP contribution in [-0.2, 0) is 0 Å². The van der Waals surface area contributed by atoms with Crippen LogP contribution in [-0.4, -0.2) is 19.0 Å². The SMILES string of the molecule is CC(C)CCNC(=O)c1csc(C#CCN)c1. The third-order valence-corrected chi connectivity index (χ3v) is 3.03. The molecule has 0 bridgehead atoms. The van der Waals surface area contributed by atoms with Gasteiger partial charge in [0.1, 0.15) is 0 Å². The molecular weight excluding hydrogens is 232 g/mol. The lowest BCUT2D eigenvalue weighted by molar-refractivity contribution is 0.0952. The first-order chi connectivity index (χ1) is 8.13. The van der Waals surface area contributed by atoms with E-state index >= 15 is 0 Å². The van der Waals surface area contributed by atoms with Gasteiger partial charge in [0, 0.05) is 11.9 Å². The summed E-state index contributed by atoms with van der Waals surface area (Å²) in [5.41, 5.74) is 5.97. The monoisotopic (exact) mass is 250 g/mol. The summed E-state index contributed by atoms with van der Waals surface area (Å²) >= 11 is 1.47. The average Bonchev–Trinajstić information content (AvgIpc) is 2.74. The predicted octanol–water partition coefficient (Wildman–Crippen LogP) is 1.83. The number of thiophene rings is 1. The van der Waals surface area contributed by atoms with Crippen molar-refractivity contribution in [2.75, 3.05) is 13.1 Å². The molecule has 0 aliphatic carbocycles. The fourth-order valence-corrected chi connectivity index (χ4v) is 1.99. The van der Waals surface area contributed by atoms with E-state index in [9.17, 15) is 4.79 Å². The molecule has 1 heterocycles. The second-order valence-corrected chi connectivity index (χ2v) is 5.06. The molecule has 0 unspecified atom stereocenters. The van der Waals surface area contributed by atoms with Crippen LogP contribution in [0.15, 0.2) is 11.4 Å². The minimum Gasteiger partial charge on any atom is -0.352 e. The largest absolute Gasteiger partial charge is 0.352 e. The van der Waals surface area contributed by atoms with Crippen LogP contribution in [0.5, 0.6) is 0 Å². The standard InChI is InChI=1S/C13H18N2OS/c1-10(2)5-7-15-13(16)11-8-12(17-9-11)4-3-6-14/h8-10H,5-7,14H2,1-2H3,(H,15,16). The van der Waals surface area contributed by atoms with Gasteiger partial charge in [0.25, 0.3) is 5.91 Å². The Kier molecular flexibility index (Phi) is 5.75. The minimum absolute atomic E-state index is 0.0253. The molecule has 1 rings (SSSR count). The molecule has 0 spiro atoms. The third-order valence-electron chi connectivity index (χ3n) is 2.18. The first-order valence-electron chi connectivity index (χ1n) is 5.69. The van der Waals surface area contributed by atoms with E-state index in [0.29, 0.717) is 18.0 Å². The molecule has 0 aromatic carbocycles. The maximum Gasteiger partial charge on any atom is 0.252 e. The molecule has 0 aliphatic heterocycles. The van der Waals surface area contributed by atoms with Gasteiger partial charge in [-0.25, -0.2) is 0 Å². The molecule has 0 saturated heterocycles. The first kappa shape index (κ1) is 13.8. The van der Waals surface area contributed by atoms with Crippen LogP contribution in [0.4, 0.5) is 0 Å². The zero-order valence-electron chi connectivity index (χ0n) is 10.2. The molecule has 92 valence electrons. The zero-order chi connectivity index (χ0) is 12.7. The van der Waals surface area contributed by atoms with Crippen LogP contribution in [0.25, 0.3) is 0 Å². The summed E-state index contributed by atoms with van der Waals surface area (Å²) in [6.45, 7) is 5.33. The number of carbonyl (C=O) groups excluding carboxylic acids is 1. The van der Waals surface area contributed by atoms with Crippen LogP contribution >= 0.6 is 11.3 Å². The summed E-state index contributed by atoms with van der Waals surface area (Å²) in [6.07, 6.45) is 0.996. The maximum atomic E-state index is 11.7. The Balaban J connectivity index is 2.49. The quantitative estimate of drug-likeness (QED) is 0.801. The van der Waals surface area contributed by atoms with Gasteiger partial charge in [-0.1, -0.05) is 25.7 Å². The summed E-state index contributed by atoms with van der Waals surface area (Å²) in [4.78, 5) is 12.6. The van der Waals surface area contributed by atoms with E-state index in [2.05, 4.69) is 31.0 Å². The third kappa shape index (κ3) is 5.03. The number of hydrogen-bond acceptors (Lipinski definition) is 3. The molecule has 0 aliphatic rings. The molecule has 0 fully saturated rings. The first-order valence-corrected chi connectivity index (χ1v) is 6.57. The van der Waals surface area contributed by atoms with Gasteiger partial charge >= 0.3 is 0 Å². The second kappa shape index (κ2) is 7.10. The van der Waals surface area contributed by atoms with E-state index in [1.165, 1.54) is 11.3 Å². The van der Waals surface area contributed by atoms with Crippen molar-refractivity contribution in [2.45, 2.75) is 20.3 Å². The fourth-order valence-electron chi connectivity index (χ4n) is 1.24. The summed E-state index contributed by atoms with van der Waals surface area (Å²) in [5.74, 6) is 6.26. The Morgan fingerprint density at radius 3 is 3.00 bits per heavy atom. The average molecular weight is 250 g/mol. The minimum atomic E-state index is -0.0253. The normalized spacial score (nSPS) is 9.88. The Labute approximate surface area is 106 Å². The van der Waals surface area contributed by atoms with Gasteiger partial charge in [-0.05, 0) is 18.4 Å². The van der Waals surface area contributed by atoms with Gasteiger partial charge in [0.15, 0.2) is 0 Å². The highest BCUT2D eigenvalue weighted by Gasteiger charge is 2.07. The van der Waals surface area contributed by atoms with Crippen molar-refractivity contribution >= 4 is 17.2 Å². The number of nitrogens with one attached hydrogen (secondary N) is 1. The number of rotatable bonds is 4. The van der Waals surface area contributed by atoms with Crippen molar-refractivity contribution in [1.82, 2.24) is 5.32 Å². The van der Waals surface area contributed by atoms with E-state index in [1.54, 1.807) is 6.07 Å². The van der Waals surface area contributed by atoms with E-state index in [0.717, 1.165) is 17.8 Å². The van der Waals surface area contributed by atoms with E-state index in [1.807, 2.05) is 5.38 Å². The van der Waals surface area contributed by atoms with Crippen molar-refractivity contribution < 1.29 is 4.79 Å². The van der Waals surface area contributed by atoms with Crippen LogP contribution in [0.3, 0.4) is 0 Å². The molecule has 0 saturated carbocycles. The van der Waals surface area contributed by atoms with E-state index in [4.69, 9.17) is 5.73 Å². The van der Waals surface area contributed by atoms with Crippen molar-refractivity contribution in [3.63, 3.8) is 0 Å². The Bertz CT molecular complexity index is 426. The Morgan fingerprint density at radius 2 is 2.35 bits per heavy atom. The summed E-state index contributed by atoms with van der Waals surface area (Å²) in [7, 11) is 0. The van der Waals surface area contributed by atoms with Gasteiger partial charge in [-0.3, -0.25) is 4.79 Å². The molecule has 17 heavy (non-hydrogen) atoms. The van der Waals surface area contributed by atoms with Gasteiger partial charge in [-0.2, -0.15) is 0 Å². The number of carbonyl (C=O) groups is 1. The van der Waals surface area contributed by atoms with Gasteiger partial charge in [0.05, 0.1) is 17.0 Å². The molecule has 0 atom stereocenters. The topological polar surface area (TPSA) is 55.1 Å².